The Bertz CT molecular complexity index is 385. The molecule has 5 nitrogen and oxygen atoms in total. The van der Waals surface area contributed by atoms with Gasteiger partial charge in [-0.05, 0) is 0 Å². The van der Waals surface area contributed by atoms with Gasteiger partial charge in [0.1, 0.15) is 5.69 Å². The molecule has 2 heterocycles. The smallest absolute Gasteiger partial charge is 0.267 e. The summed E-state index contributed by atoms with van der Waals surface area (Å²) >= 11 is 5.64. The number of aromatic amines is 1. The standard InChI is InChI=1S/C6H5ClN4O/c7-6-9-1-3-5(11-6)8-2-4(12)10-3/h1-2,6H,(H,8,11)(H,10,12). The second-order valence-corrected chi connectivity index (χ2v) is 2.68. The van der Waals surface area contributed by atoms with Crippen molar-refractivity contribution >= 4 is 23.6 Å². The van der Waals surface area contributed by atoms with Crippen LogP contribution in [0.5, 0.6) is 0 Å². The number of anilines is 1. The first-order chi connectivity index (χ1) is 5.75. The zero-order chi connectivity index (χ0) is 8.55. The van der Waals surface area contributed by atoms with Crippen LogP contribution in [0.25, 0.3) is 0 Å². The maximum atomic E-state index is 10.8. The van der Waals surface area contributed by atoms with Crippen LogP contribution in [0.4, 0.5) is 5.82 Å². The van der Waals surface area contributed by atoms with E-state index in [0.717, 1.165) is 0 Å². The largest absolute Gasteiger partial charge is 0.334 e. The molecule has 0 radical (unpaired) electrons. The third-order valence-corrected chi connectivity index (χ3v) is 1.64. The van der Waals surface area contributed by atoms with Crippen LogP contribution >= 0.6 is 11.6 Å². The molecule has 1 unspecified atom stereocenters. The van der Waals surface area contributed by atoms with E-state index in [1.807, 2.05) is 0 Å². The highest BCUT2D eigenvalue weighted by molar-refractivity contribution is 6.22. The van der Waals surface area contributed by atoms with E-state index in [2.05, 4.69) is 20.3 Å². The van der Waals surface area contributed by atoms with Gasteiger partial charge in [0.25, 0.3) is 5.56 Å². The number of aromatic nitrogens is 2. The molecule has 12 heavy (non-hydrogen) atoms. The number of H-pyrrole nitrogens is 1. The van der Waals surface area contributed by atoms with Gasteiger partial charge in [-0.25, -0.2) is 4.98 Å². The van der Waals surface area contributed by atoms with Crippen LogP contribution in [0.3, 0.4) is 0 Å². The van der Waals surface area contributed by atoms with E-state index >= 15 is 0 Å². The number of halogens is 1. The van der Waals surface area contributed by atoms with Crippen LogP contribution in [0.15, 0.2) is 16.0 Å². The van der Waals surface area contributed by atoms with Gasteiger partial charge in [-0.15, -0.1) is 0 Å². The van der Waals surface area contributed by atoms with Crippen LogP contribution in [-0.2, 0) is 0 Å². The van der Waals surface area contributed by atoms with Crippen LogP contribution < -0.4 is 10.9 Å². The molecule has 0 aromatic carbocycles. The third kappa shape index (κ3) is 1.18. The molecular formula is C6H5ClN4O. The molecule has 1 aromatic heterocycles. The van der Waals surface area contributed by atoms with E-state index in [1.54, 1.807) is 0 Å². The molecule has 0 bridgehead atoms. The molecule has 2 N–H and O–H groups in total. The van der Waals surface area contributed by atoms with E-state index in [1.165, 1.54) is 12.4 Å². The summed E-state index contributed by atoms with van der Waals surface area (Å²) in [5, 5.41) is 2.77. The molecule has 0 fully saturated rings. The highest BCUT2D eigenvalue weighted by atomic mass is 35.5. The summed E-state index contributed by atoms with van der Waals surface area (Å²) in [6, 6.07) is 0. The number of fused-ring (bicyclic) bond motifs is 1. The summed E-state index contributed by atoms with van der Waals surface area (Å²) in [6.07, 6.45) is 2.67. The molecule has 0 amide bonds. The normalized spacial score (nSPS) is 19.9. The number of nitrogens with zero attached hydrogens (tertiary/aromatic N) is 2. The number of aliphatic imine (C=N–C) groups is 1. The predicted octanol–water partition coefficient (Wildman–Crippen LogP) is 0.137. The maximum absolute atomic E-state index is 10.8. The molecule has 1 aromatic rings. The van der Waals surface area contributed by atoms with Crippen LogP contribution in [0.1, 0.15) is 5.69 Å². The van der Waals surface area contributed by atoms with Gasteiger partial charge in [-0.3, -0.25) is 9.79 Å². The molecule has 0 spiro atoms. The van der Waals surface area contributed by atoms with Gasteiger partial charge < -0.3 is 10.3 Å². The first-order valence-corrected chi connectivity index (χ1v) is 3.72. The fourth-order valence-corrected chi connectivity index (χ4v) is 1.08. The lowest BCUT2D eigenvalue weighted by Gasteiger charge is -2.13. The molecule has 0 saturated carbocycles. The second-order valence-electron chi connectivity index (χ2n) is 2.27. The van der Waals surface area contributed by atoms with Gasteiger partial charge in [0.15, 0.2) is 11.4 Å². The molecule has 2 rings (SSSR count). The van der Waals surface area contributed by atoms with E-state index in [4.69, 9.17) is 11.6 Å². The number of hydrogen-bond donors (Lipinski definition) is 2. The second kappa shape index (κ2) is 2.60. The van der Waals surface area contributed by atoms with E-state index < -0.39 is 5.62 Å². The Balaban J connectivity index is 2.54. The molecule has 1 atom stereocenters. The number of rotatable bonds is 0. The first-order valence-electron chi connectivity index (χ1n) is 3.29. The molecule has 0 saturated heterocycles. The number of alkyl halides is 1. The highest BCUT2D eigenvalue weighted by Crippen LogP contribution is 2.13. The number of nitrogens with one attached hydrogen (secondary N) is 2. The van der Waals surface area contributed by atoms with Crippen molar-refractivity contribution in [2.24, 2.45) is 4.99 Å². The average Bonchev–Trinajstić information content (AvgIpc) is 2.05. The van der Waals surface area contributed by atoms with Crippen LogP contribution in [0, 0.1) is 0 Å². The minimum atomic E-state index is -0.504. The average molecular weight is 185 g/mol. The van der Waals surface area contributed by atoms with Gasteiger partial charge in [-0.1, -0.05) is 11.6 Å². The van der Waals surface area contributed by atoms with Crippen LogP contribution in [0.2, 0.25) is 0 Å². The van der Waals surface area contributed by atoms with E-state index in [9.17, 15) is 4.79 Å². The van der Waals surface area contributed by atoms with E-state index in [-0.39, 0.29) is 5.56 Å². The van der Waals surface area contributed by atoms with Crippen molar-refractivity contribution in [3.63, 3.8) is 0 Å². The maximum Gasteiger partial charge on any atom is 0.267 e. The Morgan fingerprint density at radius 3 is 3.25 bits per heavy atom. The topological polar surface area (TPSA) is 70.1 Å². The Labute approximate surface area is 72.5 Å². The molecule has 6 heteroatoms. The first kappa shape index (κ1) is 7.30. The monoisotopic (exact) mass is 184 g/mol. The van der Waals surface area contributed by atoms with Crippen molar-refractivity contribution in [3.05, 3.63) is 22.2 Å². The third-order valence-electron chi connectivity index (χ3n) is 1.41. The summed E-state index contributed by atoms with van der Waals surface area (Å²) in [7, 11) is 0. The van der Waals surface area contributed by atoms with Gasteiger partial charge >= 0.3 is 0 Å². The lowest BCUT2D eigenvalue weighted by Crippen LogP contribution is -2.21. The minimum absolute atomic E-state index is 0.255. The fraction of sp³-hybridized carbons (Fsp3) is 0.167. The van der Waals surface area contributed by atoms with Gasteiger partial charge in [0, 0.05) is 0 Å². The van der Waals surface area contributed by atoms with Crippen molar-refractivity contribution < 1.29 is 0 Å². The van der Waals surface area contributed by atoms with Crippen molar-refractivity contribution in [1.82, 2.24) is 9.97 Å². The Morgan fingerprint density at radius 1 is 1.58 bits per heavy atom. The lowest BCUT2D eigenvalue weighted by atomic mass is 10.4. The molecule has 1 aliphatic rings. The summed E-state index contributed by atoms with van der Waals surface area (Å²) in [5.41, 5.74) is -0.203. The van der Waals surface area contributed by atoms with Crippen molar-refractivity contribution in [3.8, 4) is 0 Å². The summed E-state index contributed by atoms with van der Waals surface area (Å²) in [5.74, 6) is 0.546. The Kier molecular flexibility index (Phi) is 1.58. The Hall–Kier alpha value is -1.36. The van der Waals surface area contributed by atoms with Gasteiger partial charge in [-0.2, -0.15) is 0 Å². The van der Waals surface area contributed by atoms with Gasteiger partial charge in [0.05, 0.1) is 12.4 Å². The van der Waals surface area contributed by atoms with Crippen molar-refractivity contribution in [1.29, 1.82) is 0 Å². The lowest BCUT2D eigenvalue weighted by molar-refractivity contribution is 0.980. The molecule has 1 aliphatic heterocycles. The van der Waals surface area contributed by atoms with Crippen molar-refractivity contribution in [2.75, 3.05) is 5.32 Å². The Morgan fingerprint density at radius 2 is 2.42 bits per heavy atom. The summed E-state index contributed by atoms with van der Waals surface area (Å²) in [4.78, 5) is 21.0. The van der Waals surface area contributed by atoms with Gasteiger partial charge in [0.2, 0.25) is 0 Å². The summed E-state index contributed by atoms with van der Waals surface area (Å²) in [6.45, 7) is 0. The zero-order valence-electron chi connectivity index (χ0n) is 5.91. The quantitative estimate of drug-likeness (QED) is 0.445. The minimum Gasteiger partial charge on any atom is -0.334 e. The van der Waals surface area contributed by atoms with Crippen molar-refractivity contribution in [2.45, 2.75) is 5.62 Å². The highest BCUT2D eigenvalue weighted by Gasteiger charge is 2.11. The predicted molar refractivity (Wildman–Crippen MR) is 45.7 cm³/mol. The van der Waals surface area contributed by atoms with Crippen LogP contribution in [-0.4, -0.2) is 21.8 Å². The molecule has 0 aliphatic carbocycles. The fourth-order valence-electron chi connectivity index (χ4n) is 0.915. The SMILES string of the molecule is O=c1cnc2c([nH]1)C=NC(Cl)N2. The molecule has 62 valence electrons. The molecular weight excluding hydrogens is 180 g/mol. The zero-order valence-corrected chi connectivity index (χ0v) is 6.67. The van der Waals surface area contributed by atoms with E-state index in [0.29, 0.717) is 11.5 Å². The summed E-state index contributed by atoms with van der Waals surface area (Å²) < 4.78 is 0. The number of hydrogen-bond acceptors (Lipinski definition) is 4.